The highest BCUT2D eigenvalue weighted by atomic mass is 35.5. The van der Waals surface area contributed by atoms with Crippen LogP contribution in [0.2, 0.25) is 5.02 Å². The smallest absolute Gasteiger partial charge is 0.228 e. The first-order chi connectivity index (χ1) is 10.7. The Kier molecular flexibility index (Phi) is 4.47. The summed E-state index contributed by atoms with van der Waals surface area (Å²) in [5.41, 5.74) is 1.74. The SMILES string of the molecule is Cc1oc(-c2ccccc2Cl)nc1CN1CCCC(C#N)C1. The van der Waals surface area contributed by atoms with Crippen LogP contribution in [-0.4, -0.2) is 23.0 Å². The molecule has 1 fully saturated rings. The average Bonchev–Trinajstić information content (AvgIpc) is 2.89. The van der Waals surface area contributed by atoms with E-state index in [0.717, 1.165) is 49.5 Å². The largest absolute Gasteiger partial charge is 0.441 e. The fraction of sp³-hybridized carbons (Fsp3) is 0.412. The van der Waals surface area contributed by atoms with Crippen LogP contribution < -0.4 is 0 Å². The summed E-state index contributed by atoms with van der Waals surface area (Å²) in [5, 5.41) is 9.72. The van der Waals surface area contributed by atoms with Gasteiger partial charge in [0.15, 0.2) is 0 Å². The van der Waals surface area contributed by atoms with E-state index < -0.39 is 0 Å². The number of hydrogen-bond donors (Lipinski definition) is 0. The molecule has 3 rings (SSSR count). The van der Waals surface area contributed by atoms with Crippen LogP contribution >= 0.6 is 11.6 Å². The summed E-state index contributed by atoms with van der Waals surface area (Å²) in [4.78, 5) is 6.89. The van der Waals surface area contributed by atoms with Crippen LogP contribution in [0.3, 0.4) is 0 Å². The Labute approximate surface area is 135 Å². The average molecular weight is 316 g/mol. The molecule has 0 amide bonds. The highest BCUT2D eigenvalue weighted by Gasteiger charge is 2.22. The van der Waals surface area contributed by atoms with Gasteiger partial charge >= 0.3 is 0 Å². The molecular formula is C17H18ClN3O. The normalized spacial score (nSPS) is 19.0. The maximum absolute atomic E-state index is 9.09. The molecule has 2 heterocycles. The monoisotopic (exact) mass is 315 g/mol. The molecule has 4 nitrogen and oxygen atoms in total. The Morgan fingerprint density at radius 2 is 2.27 bits per heavy atom. The number of aromatic nitrogens is 1. The number of rotatable bonds is 3. The Balaban J connectivity index is 1.79. The molecule has 1 aliphatic rings. The molecule has 1 atom stereocenters. The third kappa shape index (κ3) is 3.16. The van der Waals surface area contributed by atoms with Crippen molar-refractivity contribution in [1.29, 1.82) is 5.26 Å². The van der Waals surface area contributed by atoms with Gasteiger partial charge in [0, 0.05) is 13.1 Å². The van der Waals surface area contributed by atoms with Gasteiger partial charge in [-0.15, -0.1) is 0 Å². The molecule has 1 aromatic heterocycles. The second-order valence-corrected chi connectivity index (χ2v) is 6.11. The van der Waals surface area contributed by atoms with Crippen molar-refractivity contribution in [3.8, 4) is 17.5 Å². The summed E-state index contributed by atoms with van der Waals surface area (Å²) in [7, 11) is 0. The Bertz CT molecular complexity index is 704. The molecule has 0 radical (unpaired) electrons. The number of nitriles is 1. The number of hydrogen-bond acceptors (Lipinski definition) is 4. The van der Waals surface area contributed by atoms with Crippen molar-refractivity contribution >= 4 is 11.6 Å². The van der Waals surface area contributed by atoms with Gasteiger partial charge in [-0.05, 0) is 38.4 Å². The van der Waals surface area contributed by atoms with Gasteiger partial charge in [-0.3, -0.25) is 4.90 Å². The topological polar surface area (TPSA) is 53.1 Å². The van der Waals surface area contributed by atoms with Crippen molar-refractivity contribution in [1.82, 2.24) is 9.88 Å². The molecular weight excluding hydrogens is 298 g/mol. The number of aryl methyl sites for hydroxylation is 1. The number of benzene rings is 1. The summed E-state index contributed by atoms with van der Waals surface area (Å²) in [6.45, 7) is 4.46. The van der Waals surface area contributed by atoms with E-state index in [0.29, 0.717) is 10.9 Å². The lowest BCUT2D eigenvalue weighted by molar-refractivity contribution is 0.189. The van der Waals surface area contributed by atoms with Crippen molar-refractivity contribution < 1.29 is 4.42 Å². The minimum atomic E-state index is 0.129. The molecule has 0 N–H and O–H groups in total. The van der Waals surface area contributed by atoms with Crippen LogP contribution in [0.25, 0.3) is 11.5 Å². The summed E-state index contributed by atoms with van der Waals surface area (Å²) in [6, 6.07) is 9.91. The zero-order valence-electron chi connectivity index (χ0n) is 12.6. The van der Waals surface area contributed by atoms with Crippen molar-refractivity contribution in [3.63, 3.8) is 0 Å². The second-order valence-electron chi connectivity index (χ2n) is 5.71. The number of nitrogens with zero attached hydrogens (tertiary/aromatic N) is 3. The van der Waals surface area contributed by atoms with E-state index in [1.54, 1.807) is 0 Å². The lowest BCUT2D eigenvalue weighted by Gasteiger charge is -2.28. The molecule has 1 saturated heterocycles. The molecule has 1 unspecified atom stereocenters. The van der Waals surface area contributed by atoms with Gasteiger partial charge in [-0.25, -0.2) is 4.98 Å². The minimum Gasteiger partial charge on any atom is -0.441 e. The fourth-order valence-corrected chi connectivity index (χ4v) is 3.06. The Hall–Kier alpha value is -1.83. The van der Waals surface area contributed by atoms with Gasteiger partial charge in [0.25, 0.3) is 0 Å². The lowest BCUT2D eigenvalue weighted by atomic mass is 9.99. The predicted molar refractivity (Wildman–Crippen MR) is 85.3 cm³/mol. The van der Waals surface area contributed by atoms with Gasteiger partial charge in [0.2, 0.25) is 5.89 Å². The third-order valence-electron chi connectivity index (χ3n) is 4.06. The van der Waals surface area contributed by atoms with E-state index in [2.05, 4.69) is 16.0 Å². The molecule has 1 aromatic carbocycles. The molecule has 114 valence electrons. The molecule has 0 saturated carbocycles. The maximum Gasteiger partial charge on any atom is 0.228 e. The molecule has 0 spiro atoms. The standard InChI is InChI=1S/C17H18ClN3O/c1-12-16(11-21-8-4-5-13(9-19)10-21)20-17(22-12)14-6-2-3-7-15(14)18/h2-3,6-7,13H,4-5,8,10-11H2,1H3. The molecule has 2 aromatic rings. The number of piperidine rings is 1. The molecule has 5 heteroatoms. The van der Waals surface area contributed by atoms with Crippen LogP contribution in [0.15, 0.2) is 28.7 Å². The van der Waals surface area contributed by atoms with E-state index >= 15 is 0 Å². The molecule has 1 aliphatic heterocycles. The van der Waals surface area contributed by atoms with Crippen molar-refractivity contribution in [2.75, 3.05) is 13.1 Å². The van der Waals surface area contributed by atoms with Crippen LogP contribution in [0.4, 0.5) is 0 Å². The van der Waals surface area contributed by atoms with Crippen LogP contribution in [-0.2, 0) is 6.54 Å². The maximum atomic E-state index is 9.09. The van der Waals surface area contributed by atoms with E-state index in [1.165, 1.54) is 0 Å². The first-order valence-electron chi connectivity index (χ1n) is 7.50. The first kappa shape index (κ1) is 15.1. The Morgan fingerprint density at radius 3 is 3.05 bits per heavy atom. The van der Waals surface area contributed by atoms with E-state index in [4.69, 9.17) is 21.3 Å². The van der Waals surface area contributed by atoms with E-state index in [1.807, 2.05) is 31.2 Å². The number of oxazole rings is 1. The van der Waals surface area contributed by atoms with Crippen LogP contribution in [0.5, 0.6) is 0 Å². The van der Waals surface area contributed by atoms with Gasteiger partial charge in [-0.2, -0.15) is 5.26 Å². The number of likely N-dealkylation sites (tertiary alicyclic amines) is 1. The third-order valence-corrected chi connectivity index (χ3v) is 4.39. The van der Waals surface area contributed by atoms with Crippen molar-refractivity contribution in [2.45, 2.75) is 26.3 Å². The summed E-state index contributed by atoms with van der Waals surface area (Å²) in [5.74, 6) is 1.50. The minimum absolute atomic E-state index is 0.129. The first-order valence-corrected chi connectivity index (χ1v) is 7.88. The van der Waals surface area contributed by atoms with Gasteiger partial charge in [0.05, 0.1) is 28.3 Å². The highest BCUT2D eigenvalue weighted by Crippen LogP contribution is 2.29. The highest BCUT2D eigenvalue weighted by molar-refractivity contribution is 6.33. The molecule has 0 aliphatic carbocycles. The van der Waals surface area contributed by atoms with Gasteiger partial charge < -0.3 is 4.42 Å². The molecule has 0 bridgehead atoms. The molecule has 22 heavy (non-hydrogen) atoms. The van der Waals surface area contributed by atoms with E-state index in [-0.39, 0.29) is 5.92 Å². The summed E-state index contributed by atoms with van der Waals surface area (Å²) in [6.07, 6.45) is 2.06. The van der Waals surface area contributed by atoms with E-state index in [9.17, 15) is 0 Å². The predicted octanol–water partition coefficient (Wildman–Crippen LogP) is 4.04. The zero-order valence-corrected chi connectivity index (χ0v) is 13.3. The zero-order chi connectivity index (χ0) is 15.5. The second kappa shape index (κ2) is 6.51. The summed E-state index contributed by atoms with van der Waals surface area (Å²) >= 11 is 6.20. The lowest BCUT2D eigenvalue weighted by Crippen LogP contribution is -2.34. The summed E-state index contributed by atoms with van der Waals surface area (Å²) < 4.78 is 5.79. The fourth-order valence-electron chi connectivity index (χ4n) is 2.84. The van der Waals surface area contributed by atoms with Crippen LogP contribution in [0, 0.1) is 24.2 Å². The van der Waals surface area contributed by atoms with Gasteiger partial charge in [-0.1, -0.05) is 23.7 Å². The van der Waals surface area contributed by atoms with Gasteiger partial charge in [0.1, 0.15) is 5.76 Å². The van der Waals surface area contributed by atoms with Crippen molar-refractivity contribution in [2.24, 2.45) is 5.92 Å². The van der Waals surface area contributed by atoms with Crippen molar-refractivity contribution in [3.05, 3.63) is 40.7 Å². The Morgan fingerprint density at radius 1 is 1.45 bits per heavy atom. The van der Waals surface area contributed by atoms with Crippen LogP contribution in [0.1, 0.15) is 24.3 Å². The number of halogens is 1. The quantitative estimate of drug-likeness (QED) is 0.857.